The topological polar surface area (TPSA) is 113 Å². The van der Waals surface area contributed by atoms with Crippen molar-refractivity contribution in [1.82, 2.24) is 0 Å². The van der Waals surface area contributed by atoms with Crippen LogP contribution in [0, 0.1) is 0 Å². The summed E-state index contributed by atoms with van der Waals surface area (Å²) in [6, 6.07) is 19.2. The molecule has 0 saturated carbocycles. The number of ether oxygens (including phenoxy) is 1. The van der Waals surface area contributed by atoms with Crippen molar-refractivity contribution in [3.8, 4) is 0 Å². The van der Waals surface area contributed by atoms with Gasteiger partial charge in [0, 0.05) is 0 Å². The van der Waals surface area contributed by atoms with Crippen LogP contribution in [0.3, 0.4) is 0 Å². The van der Waals surface area contributed by atoms with E-state index in [4.69, 9.17) is 25.8 Å². The number of hydrogen-bond donors (Lipinski definition) is 4. The molecule has 2 rings (SSSR count). The molecule has 6 heteroatoms. The largest absolute Gasteiger partial charge is 0.480 e. The van der Waals surface area contributed by atoms with Gasteiger partial charge in [-0.2, -0.15) is 0 Å². The van der Waals surface area contributed by atoms with Gasteiger partial charge in [0.1, 0.15) is 12.7 Å². The zero-order chi connectivity index (χ0) is 18.7. The Labute approximate surface area is 147 Å². The van der Waals surface area contributed by atoms with Gasteiger partial charge in [0.25, 0.3) is 0 Å². The molecule has 2 aromatic rings. The average Bonchev–Trinajstić information content (AvgIpc) is 2.64. The first-order valence-electron chi connectivity index (χ1n) is 7.83. The highest BCUT2D eigenvalue weighted by atomic mass is 16.5. The van der Waals surface area contributed by atoms with Crippen LogP contribution in [0.15, 0.2) is 60.7 Å². The lowest BCUT2D eigenvalue weighted by Crippen LogP contribution is -2.43. The number of rotatable bonds is 7. The van der Waals surface area contributed by atoms with Gasteiger partial charge in [-0.15, -0.1) is 0 Å². The summed E-state index contributed by atoms with van der Waals surface area (Å²) in [6.45, 7) is 0.911. The van der Waals surface area contributed by atoms with Crippen LogP contribution in [0.1, 0.15) is 24.2 Å². The first-order chi connectivity index (χ1) is 11.9. The molecule has 25 heavy (non-hydrogen) atoms. The molecule has 136 valence electrons. The van der Waals surface area contributed by atoms with Gasteiger partial charge in [-0.3, -0.25) is 0 Å². The summed E-state index contributed by atoms with van der Waals surface area (Å²) in [5, 5.41) is 25.3. The summed E-state index contributed by atoms with van der Waals surface area (Å²) < 4.78 is 5.48. The van der Waals surface area contributed by atoms with E-state index in [0.717, 1.165) is 11.1 Å². The minimum atomic E-state index is -0.966. The molecule has 0 spiro atoms. The van der Waals surface area contributed by atoms with E-state index in [9.17, 15) is 4.79 Å². The maximum absolute atomic E-state index is 10.6. The third-order valence-corrected chi connectivity index (χ3v) is 3.30. The number of nitrogens with two attached hydrogens (primary N) is 1. The van der Waals surface area contributed by atoms with Crippen LogP contribution in [0.4, 0.5) is 0 Å². The van der Waals surface area contributed by atoms with Crippen molar-refractivity contribution in [2.45, 2.75) is 18.6 Å². The summed E-state index contributed by atoms with van der Waals surface area (Å²) in [5.74, 6) is -0.966. The van der Waals surface area contributed by atoms with Gasteiger partial charge in [0.05, 0.1) is 18.8 Å². The molecule has 0 amide bonds. The van der Waals surface area contributed by atoms with E-state index in [2.05, 4.69) is 0 Å². The predicted molar refractivity (Wildman–Crippen MR) is 95.1 cm³/mol. The molecule has 0 aromatic heterocycles. The molecule has 0 heterocycles. The second-order valence-corrected chi connectivity index (χ2v) is 5.88. The quantitative estimate of drug-likeness (QED) is 0.605. The van der Waals surface area contributed by atoms with Gasteiger partial charge in [-0.05, 0) is 18.1 Å². The number of hydrogen-bond acceptors (Lipinski definition) is 5. The number of aliphatic carboxylic acids is 1. The van der Waals surface area contributed by atoms with Gasteiger partial charge < -0.3 is 25.8 Å². The van der Waals surface area contributed by atoms with Gasteiger partial charge in [0.2, 0.25) is 0 Å². The Hall–Kier alpha value is -2.25. The first-order valence-corrected chi connectivity index (χ1v) is 7.83. The molecular weight excluding hydrogens is 322 g/mol. The highest BCUT2D eigenvalue weighted by Crippen LogP contribution is 2.25. The van der Waals surface area contributed by atoms with Crippen molar-refractivity contribution in [2.24, 2.45) is 5.73 Å². The van der Waals surface area contributed by atoms with E-state index in [1.54, 1.807) is 6.92 Å². The molecule has 5 N–H and O–H groups in total. The zero-order valence-corrected chi connectivity index (χ0v) is 14.2. The van der Waals surface area contributed by atoms with Crippen molar-refractivity contribution in [3.05, 3.63) is 71.8 Å². The SMILES string of the molecule is CC(N)(CO)CO.O=C(O)COC(c1ccccc1)c1ccccc1. The highest BCUT2D eigenvalue weighted by molar-refractivity contribution is 5.68. The Balaban J connectivity index is 0.000000381. The Bertz CT molecular complexity index is 571. The van der Waals surface area contributed by atoms with Crippen molar-refractivity contribution in [3.63, 3.8) is 0 Å². The Morgan fingerprint density at radius 3 is 1.68 bits per heavy atom. The zero-order valence-electron chi connectivity index (χ0n) is 14.2. The molecule has 0 aliphatic heterocycles. The smallest absolute Gasteiger partial charge is 0.329 e. The van der Waals surface area contributed by atoms with E-state index in [0.29, 0.717) is 0 Å². The van der Waals surface area contributed by atoms with Crippen LogP contribution in [0.25, 0.3) is 0 Å². The third kappa shape index (κ3) is 7.91. The van der Waals surface area contributed by atoms with Crippen molar-refractivity contribution in [1.29, 1.82) is 0 Å². The normalized spacial score (nSPS) is 10.9. The van der Waals surface area contributed by atoms with Gasteiger partial charge in [0.15, 0.2) is 0 Å². The lowest BCUT2D eigenvalue weighted by Gasteiger charge is -2.17. The second-order valence-electron chi connectivity index (χ2n) is 5.88. The van der Waals surface area contributed by atoms with Crippen molar-refractivity contribution in [2.75, 3.05) is 19.8 Å². The summed E-state index contributed by atoms with van der Waals surface area (Å²) >= 11 is 0. The number of aliphatic hydroxyl groups is 2. The fourth-order valence-electron chi connectivity index (χ4n) is 1.85. The molecule has 6 nitrogen and oxygen atoms in total. The van der Waals surface area contributed by atoms with E-state index in [1.807, 2.05) is 60.7 Å². The Morgan fingerprint density at radius 1 is 1.00 bits per heavy atom. The number of carboxylic acids is 1. The van der Waals surface area contributed by atoms with E-state index in [1.165, 1.54) is 0 Å². The molecule has 0 unspecified atom stereocenters. The van der Waals surface area contributed by atoms with Gasteiger partial charge in [-0.25, -0.2) is 4.79 Å². The second kappa shape index (κ2) is 10.6. The maximum Gasteiger partial charge on any atom is 0.329 e. The molecule has 0 fully saturated rings. The maximum atomic E-state index is 10.6. The van der Waals surface area contributed by atoms with Crippen LogP contribution >= 0.6 is 0 Å². The van der Waals surface area contributed by atoms with Crippen LogP contribution in [-0.2, 0) is 9.53 Å². The predicted octanol–water partition coefficient (Wildman–Crippen LogP) is 1.57. The Kier molecular flexibility index (Phi) is 8.80. The monoisotopic (exact) mass is 347 g/mol. The van der Waals surface area contributed by atoms with Crippen LogP contribution in [0.2, 0.25) is 0 Å². The lowest BCUT2D eigenvalue weighted by molar-refractivity contribution is -0.143. The van der Waals surface area contributed by atoms with Crippen LogP contribution < -0.4 is 5.73 Å². The molecule has 0 aliphatic carbocycles. The summed E-state index contributed by atoms with van der Waals surface area (Å²) in [6.07, 6.45) is -0.344. The molecule has 0 radical (unpaired) electrons. The average molecular weight is 347 g/mol. The lowest BCUT2D eigenvalue weighted by atomic mass is 10.0. The molecule has 0 saturated heterocycles. The van der Waals surface area contributed by atoms with Crippen molar-refractivity contribution >= 4 is 5.97 Å². The molecule has 2 aromatic carbocycles. The third-order valence-electron chi connectivity index (χ3n) is 3.30. The first kappa shape index (κ1) is 20.8. The molecule has 0 aliphatic rings. The summed E-state index contributed by atoms with van der Waals surface area (Å²) in [4.78, 5) is 10.6. The van der Waals surface area contributed by atoms with Gasteiger partial charge >= 0.3 is 5.97 Å². The minimum absolute atomic E-state index is 0.177. The number of carboxylic acid groups (broad SMARTS) is 1. The van der Waals surface area contributed by atoms with Crippen LogP contribution in [-0.4, -0.2) is 46.6 Å². The number of carbonyl (C=O) groups is 1. The number of aliphatic hydroxyl groups excluding tert-OH is 2. The molecular formula is C19H25NO5. The van der Waals surface area contributed by atoms with E-state index >= 15 is 0 Å². The van der Waals surface area contributed by atoms with E-state index in [-0.39, 0.29) is 25.9 Å². The Morgan fingerprint density at radius 2 is 1.40 bits per heavy atom. The fraction of sp³-hybridized carbons (Fsp3) is 0.316. The standard InChI is InChI=1S/C15H14O3.C4H11NO2/c16-14(17)11-18-15(12-7-3-1-4-8-12)13-9-5-2-6-10-13;1-4(5,2-6)3-7/h1-10,15H,11H2,(H,16,17);6-7H,2-3,5H2,1H3. The van der Waals surface area contributed by atoms with E-state index < -0.39 is 11.5 Å². The summed E-state index contributed by atoms with van der Waals surface area (Å²) in [7, 11) is 0. The van der Waals surface area contributed by atoms with Gasteiger partial charge in [-0.1, -0.05) is 60.7 Å². The highest BCUT2D eigenvalue weighted by Gasteiger charge is 2.15. The number of benzene rings is 2. The fourth-order valence-corrected chi connectivity index (χ4v) is 1.85. The van der Waals surface area contributed by atoms with Crippen molar-refractivity contribution < 1.29 is 24.9 Å². The minimum Gasteiger partial charge on any atom is -0.480 e. The molecule has 0 bridgehead atoms. The molecule has 0 atom stereocenters. The summed E-state index contributed by atoms with van der Waals surface area (Å²) in [5.41, 5.74) is 6.31. The van der Waals surface area contributed by atoms with Crippen LogP contribution in [0.5, 0.6) is 0 Å².